The Bertz CT molecular complexity index is 465. The van der Waals surface area contributed by atoms with Gasteiger partial charge in [0, 0.05) is 11.4 Å². The standard InChI is InChI=1S/C18H28N2O/c1-14-8-6-4-5-7-9-18(14)20-16(3)13-21-17-11-10-15(2)19-12-17/h10-12,16,20H,4-9,13H2,1-3H3/b18-14-. The zero-order valence-corrected chi connectivity index (χ0v) is 13.6. The summed E-state index contributed by atoms with van der Waals surface area (Å²) in [5.74, 6) is 0.845. The summed E-state index contributed by atoms with van der Waals surface area (Å²) >= 11 is 0. The zero-order valence-electron chi connectivity index (χ0n) is 13.6. The minimum absolute atomic E-state index is 0.315. The van der Waals surface area contributed by atoms with Crippen molar-refractivity contribution >= 4 is 0 Å². The summed E-state index contributed by atoms with van der Waals surface area (Å²) in [5, 5.41) is 3.65. The summed E-state index contributed by atoms with van der Waals surface area (Å²) in [7, 11) is 0. The van der Waals surface area contributed by atoms with Crippen LogP contribution >= 0.6 is 0 Å². The Morgan fingerprint density at radius 1 is 1.14 bits per heavy atom. The number of nitrogens with zero attached hydrogens (tertiary/aromatic N) is 1. The second-order valence-corrected chi connectivity index (χ2v) is 6.16. The molecule has 1 N–H and O–H groups in total. The zero-order chi connectivity index (χ0) is 15.1. The van der Waals surface area contributed by atoms with Gasteiger partial charge in [0.2, 0.25) is 0 Å². The van der Waals surface area contributed by atoms with Crippen molar-refractivity contribution in [2.24, 2.45) is 0 Å². The first-order valence-electron chi connectivity index (χ1n) is 8.16. The van der Waals surface area contributed by atoms with E-state index in [4.69, 9.17) is 4.74 Å². The molecular weight excluding hydrogens is 260 g/mol. The average molecular weight is 288 g/mol. The third-order valence-corrected chi connectivity index (χ3v) is 4.05. The van der Waals surface area contributed by atoms with Crippen molar-refractivity contribution in [2.45, 2.75) is 65.3 Å². The molecule has 0 aliphatic heterocycles. The lowest BCUT2D eigenvalue weighted by Gasteiger charge is -2.22. The summed E-state index contributed by atoms with van der Waals surface area (Å²) in [4.78, 5) is 4.25. The fourth-order valence-electron chi connectivity index (χ4n) is 2.71. The maximum atomic E-state index is 5.81. The number of aryl methyl sites for hydroxylation is 1. The number of nitrogens with one attached hydrogen (secondary N) is 1. The minimum atomic E-state index is 0.315. The lowest BCUT2D eigenvalue weighted by molar-refractivity contribution is 0.278. The highest BCUT2D eigenvalue weighted by Gasteiger charge is 2.10. The normalized spacial score (nSPS) is 21.3. The van der Waals surface area contributed by atoms with Gasteiger partial charge in [-0.3, -0.25) is 4.98 Å². The summed E-state index contributed by atoms with van der Waals surface area (Å²) < 4.78 is 5.81. The largest absolute Gasteiger partial charge is 0.490 e. The first-order chi connectivity index (χ1) is 10.1. The molecule has 0 spiro atoms. The highest BCUT2D eigenvalue weighted by Crippen LogP contribution is 2.21. The number of rotatable bonds is 5. The van der Waals surface area contributed by atoms with E-state index in [0.717, 1.165) is 11.4 Å². The summed E-state index contributed by atoms with van der Waals surface area (Å²) in [6.07, 6.45) is 9.58. The Balaban J connectivity index is 1.83. The van der Waals surface area contributed by atoms with Crippen LogP contribution in [-0.4, -0.2) is 17.6 Å². The SMILES string of the molecule is C/C1=C(/NC(C)COc2ccc(C)nc2)CCCCCC1. The van der Waals surface area contributed by atoms with Crippen LogP contribution in [0, 0.1) is 6.92 Å². The maximum Gasteiger partial charge on any atom is 0.137 e. The number of allylic oxidation sites excluding steroid dienone is 2. The second-order valence-electron chi connectivity index (χ2n) is 6.16. The third kappa shape index (κ3) is 5.41. The molecule has 0 fully saturated rings. The van der Waals surface area contributed by atoms with E-state index >= 15 is 0 Å². The van der Waals surface area contributed by atoms with E-state index in [2.05, 4.69) is 24.1 Å². The molecule has 1 atom stereocenters. The molecule has 0 amide bonds. The lowest BCUT2D eigenvalue weighted by atomic mass is 9.98. The summed E-state index contributed by atoms with van der Waals surface area (Å²) in [6.45, 7) is 7.10. The van der Waals surface area contributed by atoms with Crippen LogP contribution in [0.25, 0.3) is 0 Å². The molecule has 1 aromatic rings. The molecule has 0 bridgehead atoms. The number of pyridine rings is 1. The van der Waals surface area contributed by atoms with Gasteiger partial charge in [-0.15, -0.1) is 0 Å². The van der Waals surface area contributed by atoms with Gasteiger partial charge in [0.05, 0.1) is 12.2 Å². The van der Waals surface area contributed by atoms with Crippen molar-refractivity contribution in [1.82, 2.24) is 10.3 Å². The molecule has 0 radical (unpaired) electrons. The molecule has 21 heavy (non-hydrogen) atoms. The second kappa shape index (κ2) is 8.06. The maximum absolute atomic E-state index is 5.81. The van der Waals surface area contributed by atoms with Crippen LogP contribution in [0.4, 0.5) is 0 Å². The number of ether oxygens (including phenoxy) is 1. The molecular formula is C18H28N2O. The van der Waals surface area contributed by atoms with Gasteiger partial charge >= 0.3 is 0 Å². The molecule has 0 aromatic carbocycles. The van der Waals surface area contributed by atoms with Crippen molar-refractivity contribution in [1.29, 1.82) is 0 Å². The Hall–Kier alpha value is -1.51. The molecule has 0 saturated heterocycles. The van der Waals surface area contributed by atoms with E-state index in [-0.39, 0.29) is 0 Å². The highest BCUT2D eigenvalue weighted by molar-refractivity contribution is 5.19. The monoisotopic (exact) mass is 288 g/mol. The smallest absolute Gasteiger partial charge is 0.137 e. The van der Waals surface area contributed by atoms with Crippen molar-refractivity contribution in [3.63, 3.8) is 0 Å². The minimum Gasteiger partial charge on any atom is -0.490 e. The van der Waals surface area contributed by atoms with Gasteiger partial charge in [-0.1, -0.05) is 18.4 Å². The van der Waals surface area contributed by atoms with Crippen LogP contribution in [0.15, 0.2) is 29.6 Å². The number of aromatic nitrogens is 1. The molecule has 1 aliphatic rings. The van der Waals surface area contributed by atoms with Crippen LogP contribution < -0.4 is 10.1 Å². The molecule has 116 valence electrons. The Morgan fingerprint density at radius 2 is 1.90 bits per heavy atom. The third-order valence-electron chi connectivity index (χ3n) is 4.05. The average Bonchev–Trinajstić information content (AvgIpc) is 2.46. The molecule has 3 nitrogen and oxygen atoms in total. The fourth-order valence-corrected chi connectivity index (χ4v) is 2.71. The molecule has 3 heteroatoms. The molecule has 1 aromatic heterocycles. The van der Waals surface area contributed by atoms with Crippen LogP contribution in [0.2, 0.25) is 0 Å². The first-order valence-corrected chi connectivity index (χ1v) is 8.16. The lowest BCUT2D eigenvalue weighted by Crippen LogP contribution is -2.32. The summed E-state index contributed by atoms with van der Waals surface area (Å²) in [5.41, 5.74) is 3.98. The van der Waals surface area contributed by atoms with Crippen molar-refractivity contribution in [2.75, 3.05) is 6.61 Å². The molecule has 0 saturated carbocycles. The number of hydrogen-bond acceptors (Lipinski definition) is 3. The van der Waals surface area contributed by atoms with Crippen LogP contribution in [0.1, 0.15) is 58.1 Å². The van der Waals surface area contributed by atoms with E-state index in [9.17, 15) is 0 Å². The van der Waals surface area contributed by atoms with E-state index in [1.807, 2.05) is 19.1 Å². The Labute approximate surface area is 128 Å². The van der Waals surface area contributed by atoms with Gasteiger partial charge in [-0.25, -0.2) is 0 Å². The highest BCUT2D eigenvalue weighted by atomic mass is 16.5. The topological polar surface area (TPSA) is 34.1 Å². The fraction of sp³-hybridized carbons (Fsp3) is 0.611. The van der Waals surface area contributed by atoms with Gasteiger partial charge < -0.3 is 10.1 Å². The van der Waals surface area contributed by atoms with Crippen molar-refractivity contribution < 1.29 is 4.74 Å². The van der Waals surface area contributed by atoms with Crippen molar-refractivity contribution in [3.8, 4) is 5.75 Å². The Kier molecular flexibility index (Phi) is 6.09. The van der Waals surface area contributed by atoms with Crippen LogP contribution in [0.3, 0.4) is 0 Å². The van der Waals surface area contributed by atoms with Gasteiger partial charge in [-0.05, 0) is 58.6 Å². The Morgan fingerprint density at radius 3 is 2.62 bits per heavy atom. The predicted molar refractivity (Wildman–Crippen MR) is 87.5 cm³/mol. The van der Waals surface area contributed by atoms with Gasteiger partial charge in [0.1, 0.15) is 12.4 Å². The number of hydrogen-bond donors (Lipinski definition) is 1. The van der Waals surface area contributed by atoms with Crippen molar-refractivity contribution in [3.05, 3.63) is 35.3 Å². The predicted octanol–water partition coefficient (Wildman–Crippen LogP) is 4.38. The molecule has 1 aliphatic carbocycles. The van der Waals surface area contributed by atoms with Gasteiger partial charge in [-0.2, -0.15) is 0 Å². The first kappa shape index (κ1) is 15.9. The molecule has 1 heterocycles. The molecule has 2 rings (SSSR count). The quantitative estimate of drug-likeness (QED) is 0.873. The van der Waals surface area contributed by atoms with Crippen LogP contribution in [-0.2, 0) is 0 Å². The van der Waals surface area contributed by atoms with E-state index in [0.29, 0.717) is 12.6 Å². The van der Waals surface area contributed by atoms with Gasteiger partial charge in [0.25, 0.3) is 0 Å². The van der Waals surface area contributed by atoms with E-state index in [1.165, 1.54) is 49.8 Å². The molecule has 1 unspecified atom stereocenters. The van der Waals surface area contributed by atoms with Gasteiger partial charge in [0.15, 0.2) is 0 Å². The summed E-state index contributed by atoms with van der Waals surface area (Å²) in [6, 6.07) is 4.28. The van der Waals surface area contributed by atoms with Crippen LogP contribution in [0.5, 0.6) is 5.75 Å². The van der Waals surface area contributed by atoms with E-state index in [1.54, 1.807) is 6.20 Å². The van der Waals surface area contributed by atoms with E-state index < -0.39 is 0 Å².